The molecule has 0 atom stereocenters. The third-order valence-electron chi connectivity index (χ3n) is 4.39. The molecule has 0 unspecified atom stereocenters. The summed E-state index contributed by atoms with van der Waals surface area (Å²) in [5.41, 5.74) is -0.0769. The number of carboxylic acid groups (broad SMARTS) is 1. The lowest BCUT2D eigenvalue weighted by molar-refractivity contribution is 0.0693. The lowest BCUT2D eigenvalue weighted by atomic mass is 10.2. The van der Waals surface area contributed by atoms with Crippen molar-refractivity contribution in [3.63, 3.8) is 0 Å². The van der Waals surface area contributed by atoms with E-state index in [0.717, 1.165) is 50.1 Å². The van der Waals surface area contributed by atoms with E-state index in [1.165, 1.54) is 12.1 Å². The first kappa shape index (κ1) is 21.3. The second kappa shape index (κ2) is 9.86. The number of aromatic nitrogens is 1. The number of rotatable bonds is 8. The number of likely N-dealkylation sites (tertiary alicyclic amines) is 1. The molecule has 3 rings (SSSR count). The Bertz CT molecular complexity index is 889. The molecule has 0 spiro atoms. The predicted octanol–water partition coefficient (Wildman–Crippen LogP) is 3.43. The van der Waals surface area contributed by atoms with E-state index >= 15 is 0 Å². The second-order valence-electron chi connectivity index (χ2n) is 6.45. The molecule has 1 aliphatic heterocycles. The Kier molecular flexibility index (Phi) is 7.24. The van der Waals surface area contributed by atoms with E-state index in [1.54, 1.807) is 0 Å². The number of ether oxygens (including phenoxy) is 1. The third-order valence-corrected chi connectivity index (χ3v) is 5.37. The Labute approximate surface area is 175 Å². The lowest BCUT2D eigenvalue weighted by Crippen LogP contribution is -2.36. The van der Waals surface area contributed by atoms with Crippen molar-refractivity contribution in [2.75, 3.05) is 31.5 Å². The fourth-order valence-corrected chi connectivity index (χ4v) is 3.80. The van der Waals surface area contributed by atoms with Crippen LogP contribution in [0.4, 0.5) is 14.2 Å². The van der Waals surface area contributed by atoms with Crippen LogP contribution in [0.3, 0.4) is 0 Å². The average Bonchev–Trinajstić information content (AvgIpc) is 3.31. The number of aromatic carboxylic acids is 1. The maximum atomic E-state index is 13.9. The maximum absolute atomic E-state index is 13.9. The maximum Gasteiger partial charge on any atom is 0.344 e. The molecule has 1 aliphatic rings. The summed E-state index contributed by atoms with van der Waals surface area (Å²) < 4.78 is 23.2. The van der Waals surface area contributed by atoms with E-state index in [9.17, 15) is 19.1 Å². The summed E-state index contributed by atoms with van der Waals surface area (Å²) in [5, 5.41) is 14.9. The van der Waals surface area contributed by atoms with E-state index in [2.05, 4.69) is 19.9 Å². The molecule has 1 aromatic carbocycles. The summed E-state index contributed by atoms with van der Waals surface area (Å²) in [6.07, 6.45) is 2.33. The van der Waals surface area contributed by atoms with Crippen LogP contribution in [-0.4, -0.2) is 52.6 Å². The molecule has 0 saturated carbocycles. The van der Waals surface area contributed by atoms with Gasteiger partial charge in [0.05, 0.1) is 0 Å². The molecule has 1 fully saturated rings. The quantitative estimate of drug-likeness (QED) is 0.578. The molecule has 1 aromatic heterocycles. The Morgan fingerprint density at radius 3 is 2.79 bits per heavy atom. The average molecular weight is 443 g/mol. The van der Waals surface area contributed by atoms with Crippen molar-refractivity contribution in [2.24, 2.45) is 0 Å². The van der Waals surface area contributed by atoms with Crippen LogP contribution < -0.4 is 15.4 Å². The highest BCUT2D eigenvalue weighted by Gasteiger charge is 2.24. The molecule has 0 aliphatic carbocycles. The number of carbonyl (C=O) groups is 2. The third kappa shape index (κ3) is 5.78. The van der Waals surface area contributed by atoms with Crippen molar-refractivity contribution in [3.05, 3.63) is 40.2 Å². The fourth-order valence-electron chi connectivity index (χ4n) is 2.91. The first-order chi connectivity index (χ1) is 13.9. The van der Waals surface area contributed by atoms with Gasteiger partial charge in [-0.1, -0.05) is 17.7 Å². The van der Waals surface area contributed by atoms with Gasteiger partial charge in [0.1, 0.15) is 17.4 Å². The van der Waals surface area contributed by atoms with Crippen LogP contribution in [0.2, 0.25) is 5.02 Å². The van der Waals surface area contributed by atoms with Gasteiger partial charge in [-0.05, 0) is 49.6 Å². The number of urea groups is 1. The first-order valence-electron chi connectivity index (χ1n) is 9.01. The number of nitrogens with zero attached hydrogens (tertiary/aromatic N) is 2. The molecule has 29 heavy (non-hydrogen) atoms. The minimum absolute atomic E-state index is 0.0442. The standard InChI is InChI=1S/C18H20ClFN4O4S/c19-12-4-3-11(13(20)9-12)10-28-15-14(17(25)26)16(29-23-15)22-18(27)21-5-8-24-6-1-2-7-24/h3-4,9H,1-2,5-8,10H2,(H,25,26)(H2,21,22,27). The molecule has 3 N–H and O–H groups in total. The van der Waals surface area contributed by atoms with Crippen molar-refractivity contribution >= 4 is 40.1 Å². The minimum atomic E-state index is -1.31. The molecule has 11 heteroatoms. The fraction of sp³-hybridized carbons (Fsp3) is 0.389. The molecule has 8 nitrogen and oxygen atoms in total. The molecule has 0 radical (unpaired) electrons. The van der Waals surface area contributed by atoms with Gasteiger partial charge in [-0.25, -0.2) is 14.0 Å². The molecule has 2 heterocycles. The van der Waals surface area contributed by atoms with Gasteiger partial charge in [0.2, 0.25) is 5.88 Å². The van der Waals surface area contributed by atoms with Crippen molar-refractivity contribution in [1.29, 1.82) is 0 Å². The van der Waals surface area contributed by atoms with E-state index in [1.807, 2.05) is 0 Å². The van der Waals surface area contributed by atoms with Gasteiger partial charge in [0.25, 0.3) is 0 Å². The van der Waals surface area contributed by atoms with Gasteiger partial charge in [-0.3, -0.25) is 5.32 Å². The zero-order chi connectivity index (χ0) is 20.8. The van der Waals surface area contributed by atoms with Crippen LogP contribution in [0.15, 0.2) is 18.2 Å². The van der Waals surface area contributed by atoms with Crippen LogP contribution in [0.5, 0.6) is 5.88 Å². The number of nitrogens with one attached hydrogen (secondary N) is 2. The summed E-state index contributed by atoms with van der Waals surface area (Å²) in [5.74, 6) is -2.07. The number of hydrogen-bond acceptors (Lipinski definition) is 6. The number of carboxylic acids is 1. The van der Waals surface area contributed by atoms with Gasteiger partial charge in [0.15, 0.2) is 5.56 Å². The van der Waals surface area contributed by atoms with Crippen LogP contribution >= 0.6 is 23.1 Å². The van der Waals surface area contributed by atoms with Crippen molar-refractivity contribution in [2.45, 2.75) is 19.4 Å². The highest BCUT2D eigenvalue weighted by Crippen LogP contribution is 2.31. The van der Waals surface area contributed by atoms with Gasteiger partial charge in [-0.15, -0.1) is 0 Å². The van der Waals surface area contributed by atoms with Gasteiger partial charge in [0, 0.05) is 23.7 Å². The van der Waals surface area contributed by atoms with E-state index in [-0.39, 0.29) is 33.6 Å². The second-order valence-corrected chi connectivity index (χ2v) is 7.66. The number of benzene rings is 1. The molecular weight excluding hydrogens is 423 g/mol. The summed E-state index contributed by atoms with van der Waals surface area (Å²) in [6, 6.07) is 3.56. The normalized spacial score (nSPS) is 14.0. The zero-order valence-corrected chi connectivity index (χ0v) is 17.0. The van der Waals surface area contributed by atoms with Crippen molar-refractivity contribution < 1.29 is 23.8 Å². The van der Waals surface area contributed by atoms with Crippen molar-refractivity contribution in [1.82, 2.24) is 14.6 Å². The lowest BCUT2D eigenvalue weighted by Gasteiger charge is -2.14. The van der Waals surface area contributed by atoms with Crippen LogP contribution in [0, 0.1) is 5.82 Å². The SMILES string of the molecule is O=C(NCCN1CCCC1)Nc1snc(OCc2ccc(Cl)cc2F)c1C(=O)O. The largest absolute Gasteiger partial charge is 0.477 e. The Balaban J connectivity index is 1.58. The smallest absolute Gasteiger partial charge is 0.344 e. The molecule has 1 saturated heterocycles. The van der Waals surface area contributed by atoms with Crippen LogP contribution in [0.1, 0.15) is 28.8 Å². The number of amides is 2. The Morgan fingerprint density at radius 1 is 1.34 bits per heavy atom. The number of halogens is 2. The Hall–Kier alpha value is -2.43. The predicted molar refractivity (Wildman–Crippen MR) is 108 cm³/mol. The zero-order valence-electron chi connectivity index (χ0n) is 15.4. The van der Waals surface area contributed by atoms with E-state index in [4.69, 9.17) is 16.3 Å². The van der Waals surface area contributed by atoms with E-state index in [0.29, 0.717) is 6.54 Å². The van der Waals surface area contributed by atoms with Gasteiger partial charge >= 0.3 is 12.0 Å². The highest BCUT2D eigenvalue weighted by molar-refractivity contribution is 7.11. The number of hydrogen-bond donors (Lipinski definition) is 3. The Morgan fingerprint density at radius 2 is 2.10 bits per heavy atom. The van der Waals surface area contributed by atoms with Crippen LogP contribution in [-0.2, 0) is 6.61 Å². The van der Waals surface area contributed by atoms with Crippen molar-refractivity contribution in [3.8, 4) is 5.88 Å². The topological polar surface area (TPSA) is 104 Å². The molecular formula is C18H20ClFN4O4S. The molecule has 2 amide bonds. The minimum Gasteiger partial charge on any atom is -0.477 e. The summed E-state index contributed by atoms with van der Waals surface area (Å²) in [7, 11) is 0. The van der Waals surface area contributed by atoms with E-state index < -0.39 is 17.8 Å². The first-order valence-corrected chi connectivity index (χ1v) is 10.2. The summed E-state index contributed by atoms with van der Waals surface area (Å²) in [6.45, 7) is 3.01. The molecule has 0 bridgehead atoms. The van der Waals surface area contributed by atoms with Crippen LogP contribution in [0.25, 0.3) is 0 Å². The number of carbonyl (C=O) groups excluding carboxylic acids is 1. The highest BCUT2D eigenvalue weighted by atomic mass is 35.5. The summed E-state index contributed by atoms with van der Waals surface area (Å²) in [4.78, 5) is 25.9. The number of anilines is 1. The van der Waals surface area contributed by atoms with Gasteiger partial charge < -0.3 is 20.1 Å². The molecule has 2 aromatic rings. The molecule has 156 valence electrons. The summed E-state index contributed by atoms with van der Waals surface area (Å²) >= 11 is 6.49. The van der Waals surface area contributed by atoms with Gasteiger partial charge in [-0.2, -0.15) is 4.37 Å². The monoisotopic (exact) mass is 442 g/mol.